The molecule has 14 heavy (non-hydrogen) atoms. The van der Waals surface area contributed by atoms with Gasteiger partial charge in [0.15, 0.2) is 0 Å². The monoisotopic (exact) mass is 236 g/mol. The second kappa shape index (κ2) is 3.66. The maximum absolute atomic E-state index is 10.8. The van der Waals surface area contributed by atoms with E-state index in [9.17, 15) is 9.59 Å². The van der Waals surface area contributed by atoms with Gasteiger partial charge >= 0.3 is 11.9 Å². The molecule has 1 saturated carbocycles. The summed E-state index contributed by atoms with van der Waals surface area (Å²) in [4.78, 5) is 21.6. The van der Waals surface area contributed by atoms with Gasteiger partial charge in [0.25, 0.3) is 0 Å². The van der Waals surface area contributed by atoms with E-state index >= 15 is 0 Å². The fraction of sp³-hybridized carbons (Fsp3) is 0.750. The summed E-state index contributed by atoms with van der Waals surface area (Å²) in [6.45, 7) is 0. The zero-order valence-corrected chi connectivity index (χ0v) is 9.22. The van der Waals surface area contributed by atoms with Crippen molar-refractivity contribution in [3.8, 4) is 0 Å². The van der Waals surface area contributed by atoms with Gasteiger partial charge in [-0.3, -0.25) is 9.59 Å². The zero-order chi connectivity index (χ0) is 11.0. The van der Waals surface area contributed by atoms with E-state index in [1.165, 1.54) is 0 Å². The van der Waals surface area contributed by atoms with Crippen LogP contribution in [0.5, 0.6) is 0 Å². The number of hydrogen-bond donors (Lipinski definition) is 4. The third kappa shape index (κ3) is 2.00. The summed E-state index contributed by atoms with van der Waals surface area (Å²) in [5, 5.41) is 17.7. The van der Waals surface area contributed by atoms with Crippen molar-refractivity contribution < 1.29 is 19.8 Å². The lowest BCUT2D eigenvalue weighted by Gasteiger charge is -2.36. The van der Waals surface area contributed by atoms with Crippen molar-refractivity contribution in [3.63, 3.8) is 0 Å². The third-order valence-corrected chi connectivity index (χ3v) is 3.98. The van der Waals surface area contributed by atoms with E-state index in [1.54, 1.807) is 0 Å². The topological polar surface area (TPSA) is 74.6 Å². The molecule has 0 atom stereocenters. The van der Waals surface area contributed by atoms with Gasteiger partial charge in [-0.25, -0.2) is 0 Å². The molecule has 0 aliphatic heterocycles. The standard InChI is InChI=1S/C8H12O4S2/c9-5(10)7(13)1-2-8(14,4-3-7)6(11)12/h13-14H,1-4H2,(H,9,10)(H,11,12). The van der Waals surface area contributed by atoms with Gasteiger partial charge in [-0.2, -0.15) is 25.3 Å². The maximum atomic E-state index is 10.8. The minimum absolute atomic E-state index is 0.237. The van der Waals surface area contributed by atoms with Gasteiger partial charge in [0.05, 0.1) is 0 Å². The van der Waals surface area contributed by atoms with Crippen LogP contribution in [0.1, 0.15) is 25.7 Å². The van der Waals surface area contributed by atoms with Crippen molar-refractivity contribution >= 4 is 37.2 Å². The molecule has 1 fully saturated rings. The Morgan fingerprint density at radius 1 is 0.857 bits per heavy atom. The van der Waals surface area contributed by atoms with Crippen LogP contribution in [0, 0.1) is 0 Å². The quantitative estimate of drug-likeness (QED) is 0.541. The molecule has 0 saturated heterocycles. The number of thiol groups is 2. The van der Waals surface area contributed by atoms with Crippen molar-refractivity contribution in [1.29, 1.82) is 0 Å². The maximum Gasteiger partial charge on any atom is 0.319 e. The van der Waals surface area contributed by atoms with Crippen molar-refractivity contribution in [3.05, 3.63) is 0 Å². The highest BCUT2D eigenvalue weighted by molar-refractivity contribution is 7.83. The molecule has 1 rings (SSSR count). The van der Waals surface area contributed by atoms with Crippen LogP contribution in [0.15, 0.2) is 0 Å². The van der Waals surface area contributed by atoms with E-state index in [0.29, 0.717) is 0 Å². The van der Waals surface area contributed by atoms with Crippen molar-refractivity contribution in [1.82, 2.24) is 0 Å². The van der Waals surface area contributed by atoms with Gasteiger partial charge in [-0.1, -0.05) is 0 Å². The van der Waals surface area contributed by atoms with Crippen molar-refractivity contribution in [2.45, 2.75) is 35.2 Å². The van der Waals surface area contributed by atoms with Crippen LogP contribution >= 0.6 is 25.3 Å². The molecule has 0 spiro atoms. The van der Waals surface area contributed by atoms with Crippen LogP contribution in [0.25, 0.3) is 0 Å². The summed E-state index contributed by atoms with van der Waals surface area (Å²) in [6.07, 6.45) is 0.949. The van der Waals surface area contributed by atoms with Crippen LogP contribution in [0.4, 0.5) is 0 Å². The van der Waals surface area contributed by atoms with Crippen molar-refractivity contribution in [2.75, 3.05) is 0 Å². The Balaban J connectivity index is 2.71. The molecule has 4 nitrogen and oxygen atoms in total. The molecule has 80 valence electrons. The highest BCUT2D eigenvalue weighted by Crippen LogP contribution is 2.42. The Bertz CT molecular complexity index is 241. The molecule has 0 heterocycles. The summed E-state index contributed by atoms with van der Waals surface area (Å²) < 4.78 is -2.16. The predicted octanol–water partition coefficient (Wildman–Crippen LogP) is 1.07. The molecule has 2 N–H and O–H groups in total. The van der Waals surface area contributed by atoms with Gasteiger partial charge in [0.1, 0.15) is 9.49 Å². The largest absolute Gasteiger partial charge is 0.480 e. The first-order chi connectivity index (χ1) is 6.30. The van der Waals surface area contributed by atoms with E-state index in [-0.39, 0.29) is 25.7 Å². The summed E-state index contributed by atoms with van der Waals surface area (Å²) >= 11 is 8.13. The predicted molar refractivity (Wildman–Crippen MR) is 57.2 cm³/mol. The fourth-order valence-electron chi connectivity index (χ4n) is 1.50. The lowest BCUT2D eigenvalue weighted by Crippen LogP contribution is -2.45. The third-order valence-electron chi connectivity index (χ3n) is 2.70. The first-order valence-electron chi connectivity index (χ1n) is 4.22. The summed E-state index contributed by atoms with van der Waals surface area (Å²) in [5.74, 6) is -1.97. The van der Waals surface area contributed by atoms with Crippen LogP contribution in [-0.4, -0.2) is 31.6 Å². The fourth-order valence-corrected chi connectivity index (χ4v) is 1.95. The Labute approximate surface area is 92.5 Å². The summed E-state index contributed by atoms with van der Waals surface area (Å²) in [7, 11) is 0. The average Bonchev–Trinajstić information content (AvgIpc) is 2.10. The zero-order valence-electron chi connectivity index (χ0n) is 7.43. The molecule has 0 aromatic heterocycles. The Morgan fingerprint density at radius 3 is 1.21 bits per heavy atom. The Kier molecular flexibility index (Phi) is 3.06. The second-order valence-corrected chi connectivity index (χ2v) is 5.39. The molecule has 1 aliphatic carbocycles. The number of carboxylic acids is 2. The van der Waals surface area contributed by atoms with Crippen LogP contribution in [-0.2, 0) is 9.59 Å². The van der Waals surface area contributed by atoms with Crippen LogP contribution in [0.2, 0.25) is 0 Å². The number of carbonyl (C=O) groups is 2. The van der Waals surface area contributed by atoms with E-state index in [4.69, 9.17) is 10.2 Å². The molecule has 0 amide bonds. The lowest BCUT2D eigenvalue weighted by molar-refractivity contribution is -0.145. The second-order valence-electron chi connectivity index (χ2n) is 3.67. The smallest absolute Gasteiger partial charge is 0.319 e. The normalized spacial score (nSPS) is 37.9. The van der Waals surface area contributed by atoms with Gasteiger partial charge in [0.2, 0.25) is 0 Å². The van der Waals surface area contributed by atoms with E-state index in [2.05, 4.69) is 25.3 Å². The van der Waals surface area contributed by atoms with E-state index in [1.807, 2.05) is 0 Å². The lowest BCUT2D eigenvalue weighted by atomic mass is 9.80. The number of carboxylic acid groups (broad SMARTS) is 2. The molecule has 0 aromatic rings. The Morgan fingerprint density at radius 2 is 1.07 bits per heavy atom. The molecule has 1 aliphatic rings. The Hall–Kier alpha value is -0.360. The molecule has 0 unspecified atom stereocenters. The van der Waals surface area contributed by atoms with Gasteiger partial charge in [-0.05, 0) is 25.7 Å². The van der Waals surface area contributed by atoms with E-state index < -0.39 is 21.4 Å². The minimum atomic E-state index is -1.08. The highest BCUT2D eigenvalue weighted by Gasteiger charge is 2.47. The molecule has 0 aromatic carbocycles. The van der Waals surface area contributed by atoms with Gasteiger partial charge in [-0.15, -0.1) is 0 Å². The number of aliphatic carboxylic acids is 2. The molecule has 0 bridgehead atoms. The summed E-state index contributed by atoms with van der Waals surface area (Å²) in [5.41, 5.74) is 0. The highest BCUT2D eigenvalue weighted by atomic mass is 32.1. The number of hydrogen-bond acceptors (Lipinski definition) is 4. The average molecular weight is 236 g/mol. The SMILES string of the molecule is O=C(O)C1(S)CCC(S)(C(=O)O)CC1. The van der Waals surface area contributed by atoms with Crippen LogP contribution in [0.3, 0.4) is 0 Å². The molecular formula is C8H12O4S2. The van der Waals surface area contributed by atoms with Gasteiger partial charge in [0, 0.05) is 0 Å². The van der Waals surface area contributed by atoms with Crippen LogP contribution < -0.4 is 0 Å². The first kappa shape index (κ1) is 11.7. The van der Waals surface area contributed by atoms with E-state index in [0.717, 1.165) is 0 Å². The first-order valence-corrected chi connectivity index (χ1v) is 5.11. The molecule has 6 heteroatoms. The molecule has 0 radical (unpaired) electrons. The summed E-state index contributed by atoms with van der Waals surface area (Å²) in [6, 6.07) is 0. The van der Waals surface area contributed by atoms with Crippen molar-refractivity contribution in [2.24, 2.45) is 0 Å². The van der Waals surface area contributed by atoms with Gasteiger partial charge < -0.3 is 10.2 Å². The molecular weight excluding hydrogens is 224 g/mol. The minimum Gasteiger partial charge on any atom is -0.480 e. The number of rotatable bonds is 2.